The third-order valence-corrected chi connectivity index (χ3v) is 4.88. The second-order valence-electron chi connectivity index (χ2n) is 5.10. The first-order chi connectivity index (χ1) is 9.59. The SMILES string of the molecule is Cc1ccccc1S(=O)(=O)NOCCN1CCCCC1. The third kappa shape index (κ3) is 4.28. The molecule has 0 radical (unpaired) electrons. The number of hydrogen-bond acceptors (Lipinski definition) is 4. The number of nitrogens with one attached hydrogen (secondary N) is 1. The minimum Gasteiger partial charge on any atom is -0.301 e. The molecule has 0 aliphatic carbocycles. The molecule has 0 atom stereocenters. The smallest absolute Gasteiger partial charge is 0.262 e. The summed E-state index contributed by atoms with van der Waals surface area (Å²) in [5.74, 6) is 0. The third-order valence-electron chi connectivity index (χ3n) is 3.51. The summed E-state index contributed by atoms with van der Waals surface area (Å²) < 4.78 is 24.1. The van der Waals surface area contributed by atoms with E-state index in [9.17, 15) is 8.42 Å². The lowest BCUT2D eigenvalue weighted by Gasteiger charge is -2.25. The number of rotatable bonds is 6. The summed E-state index contributed by atoms with van der Waals surface area (Å²) in [5.41, 5.74) is 0.708. The molecule has 1 aromatic rings. The van der Waals surface area contributed by atoms with Gasteiger partial charge in [-0.3, -0.25) is 4.84 Å². The van der Waals surface area contributed by atoms with Crippen LogP contribution in [0.2, 0.25) is 0 Å². The Morgan fingerprint density at radius 2 is 1.90 bits per heavy atom. The molecule has 0 aromatic heterocycles. The first-order valence-electron chi connectivity index (χ1n) is 7.01. The zero-order valence-corrected chi connectivity index (χ0v) is 12.7. The molecule has 1 heterocycles. The lowest BCUT2D eigenvalue weighted by atomic mass is 10.1. The summed E-state index contributed by atoms with van der Waals surface area (Å²) in [4.78, 5) is 9.89. The van der Waals surface area contributed by atoms with E-state index in [4.69, 9.17) is 4.84 Å². The fraction of sp³-hybridized carbons (Fsp3) is 0.571. The Labute approximate surface area is 120 Å². The van der Waals surface area contributed by atoms with Gasteiger partial charge in [0.2, 0.25) is 0 Å². The Balaban J connectivity index is 1.79. The van der Waals surface area contributed by atoms with Gasteiger partial charge in [0, 0.05) is 6.54 Å². The van der Waals surface area contributed by atoms with E-state index in [0.717, 1.165) is 19.6 Å². The van der Waals surface area contributed by atoms with Gasteiger partial charge in [0.05, 0.1) is 11.5 Å². The Bertz CT molecular complexity index is 525. The summed E-state index contributed by atoms with van der Waals surface area (Å²) in [5, 5.41) is 0. The molecule has 0 amide bonds. The van der Waals surface area contributed by atoms with Crippen LogP contribution in [0.3, 0.4) is 0 Å². The number of hydrogen-bond donors (Lipinski definition) is 1. The van der Waals surface area contributed by atoms with E-state index < -0.39 is 10.0 Å². The van der Waals surface area contributed by atoms with Crippen LogP contribution in [0.1, 0.15) is 24.8 Å². The van der Waals surface area contributed by atoms with Crippen molar-refractivity contribution in [2.24, 2.45) is 0 Å². The van der Waals surface area contributed by atoms with Crippen LogP contribution in [0, 0.1) is 6.92 Å². The monoisotopic (exact) mass is 298 g/mol. The van der Waals surface area contributed by atoms with Gasteiger partial charge in [-0.2, -0.15) is 0 Å². The Morgan fingerprint density at radius 1 is 1.20 bits per heavy atom. The minimum absolute atomic E-state index is 0.262. The van der Waals surface area contributed by atoms with Crippen LogP contribution >= 0.6 is 0 Å². The molecule has 112 valence electrons. The van der Waals surface area contributed by atoms with Gasteiger partial charge in [0.25, 0.3) is 10.0 Å². The first kappa shape index (κ1) is 15.4. The van der Waals surface area contributed by atoms with Gasteiger partial charge in [0.1, 0.15) is 0 Å². The highest BCUT2D eigenvalue weighted by Gasteiger charge is 2.16. The van der Waals surface area contributed by atoms with Crippen LogP contribution in [0.25, 0.3) is 0 Å². The van der Waals surface area contributed by atoms with Crippen LogP contribution in [0.15, 0.2) is 29.2 Å². The van der Waals surface area contributed by atoms with Gasteiger partial charge in [-0.05, 0) is 44.5 Å². The average Bonchev–Trinajstić information content (AvgIpc) is 2.45. The largest absolute Gasteiger partial charge is 0.301 e. The Morgan fingerprint density at radius 3 is 2.60 bits per heavy atom. The maximum absolute atomic E-state index is 12.1. The molecule has 1 saturated heterocycles. The normalized spacial score (nSPS) is 17.2. The van der Waals surface area contributed by atoms with Crippen LogP contribution < -0.4 is 4.89 Å². The van der Waals surface area contributed by atoms with E-state index in [0.29, 0.717) is 12.2 Å². The van der Waals surface area contributed by atoms with E-state index in [1.807, 2.05) is 6.07 Å². The van der Waals surface area contributed by atoms with Gasteiger partial charge in [-0.1, -0.05) is 29.5 Å². The van der Waals surface area contributed by atoms with Crippen molar-refractivity contribution >= 4 is 10.0 Å². The lowest BCUT2D eigenvalue weighted by molar-refractivity contribution is 0.0656. The molecule has 6 heteroatoms. The highest BCUT2D eigenvalue weighted by molar-refractivity contribution is 7.89. The molecular weight excluding hydrogens is 276 g/mol. The van der Waals surface area contributed by atoms with Crippen molar-refractivity contribution in [1.82, 2.24) is 9.79 Å². The topological polar surface area (TPSA) is 58.6 Å². The summed E-state index contributed by atoms with van der Waals surface area (Å²) in [7, 11) is -3.58. The lowest BCUT2D eigenvalue weighted by Crippen LogP contribution is -2.35. The summed E-state index contributed by atoms with van der Waals surface area (Å²) in [6.07, 6.45) is 3.72. The maximum atomic E-state index is 12.1. The maximum Gasteiger partial charge on any atom is 0.262 e. The number of nitrogens with zero attached hydrogens (tertiary/aromatic N) is 1. The molecule has 1 aliphatic rings. The fourth-order valence-corrected chi connectivity index (χ4v) is 3.46. The van der Waals surface area contributed by atoms with Crippen molar-refractivity contribution in [3.63, 3.8) is 0 Å². The molecular formula is C14H22N2O3S. The highest BCUT2D eigenvalue weighted by atomic mass is 32.2. The van der Waals surface area contributed by atoms with Gasteiger partial charge >= 0.3 is 0 Å². The predicted octanol–water partition coefficient (Wildman–Crippen LogP) is 1.69. The van der Waals surface area contributed by atoms with Crippen molar-refractivity contribution in [3.8, 4) is 0 Å². The number of benzene rings is 1. The Hall–Kier alpha value is -0.950. The van der Waals surface area contributed by atoms with Crippen molar-refractivity contribution in [3.05, 3.63) is 29.8 Å². The predicted molar refractivity (Wildman–Crippen MR) is 77.7 cm³/mol. The van der Waals surface area contributed by atoms with E-state index in [1.54, 1.807) is 25.1 Å². The molecule has 0 bridgehead atoms. The van der Waals surface area contributed by atoms with Gasteiger partial charge in [-0.25, -0.2) is 8.42 Å². The molecule has 1 aliphatic heterocycles. The first-order valence-corrected chi connectivity index (χ1v) is 8.49. The molecule has 2 rings (SSSR count). The zero-order chi connectivity index (χ0) is 14.4. The van der Waals surface area contributed by atoms with Crippen LogP contribution in [-0.2, 0) is 14.9 Å². The average molecular weight is 298 g/mol. The zero-order valence-electron chi connectivity index (χ0n) is 11.8. The molecule has 0 unspecified atom stereocenters. The quantitative estimate of drug-likeness (QED) is 0.641. The number of likely N-dealkylation sites (tertiary alicyclic amines) is 1. The van der Waals surface area contributed by atoms with Crippen molar-refractivity contribution in [2.75, 3.05) is 26.2 Å². The van der Waals surface area contributed by atoms with Crippen LogP contribution in [0.5, 0.6) is 0 Å². The number of aryl methyl sites for hydroxylation is 1. The molecule has 0 saturated carbocycles. The van der Waals surface area contributed by atoms with E-state index in [1.165, 1.54) is 19.3 Å². The summed E-state index contributed by atoms with van der Waals surface area (Å²) >= 11 is 0. The van der Waals surface area contributed by atoms with Crippen molar-refractivity contribution < 1.29 is 13.3 Å². The molecule has 20 heavy (non-hydrogen) atoms. The second-order valence-corrected chi connectivity index (χ2v) is 6.72. The standard InChI is InChI=1S/C14H22N2O3S/c1-13-7-3-4-8-14(13)20(17,18)15-19-12-11-16-9-5-2-6-10-16/h3-4,7-8,15H,2,5-6,9-12H2,1H3. The molecule has 0 spiro atoms. The highest BCUT2D eigenvalue weighted by Crippen LogP contribution is 2.13. The van der Waals surface area contributed by atoms with Gasteiger partial charge in [-0.15, -0.1) is 0 Å². The minimum atomic E-state index is -3.58. The number of piperidine rings is 1. The van der Waals surface area contributed by atoms with Gasteiger partial charge < -0.3 is 4.90 Å². The van der Waals surface area contributed by atoms with E-state index >= 15 is 0 Å². The number of sulfonamides is 1. The van der Waals surface area contributed by atoms with Crippen LogP contribution in [-0.4, -0.2) is 39.6 Å². The van der Waals surface area contributed by atoms with Crippen LogP contribution in [0.4, 0.5) is 0 Å². The summed E-state index contributed by atoms with van der Waals surface area (Å²) in [6, 6.07) is 6.86. The van der Waals surface area contributed by atoms with Crippen molar-refractivity contribution in [1.29, 1.82) is 0 Å². The van der Waals surface area contributed by atoms with Crippen molar-refractivity contribution in [2.45, 2.75) is 31.1 Å². The molecule has 1 aromatic carbocycles. The second kappa shape index (κ2) is 7.17. The Kier molecular flexibility index (Phi) is 5.54. The molecule has 5 nitrogen and oxygen atoms in total. The summed E-state index contributed by atoms with van der Waals surface area (Å²) in [6.45, 7) is 5.05. The molecule has 1 N–H and O–H groups in total. The van der Waals surface area contributed by atoms with E-state index in [2.05, 4.69) is 9.79 Å². The van der Waals surface area contributed by atoms with Gasteiger partial charge in [0.15, 0.2) is 0 Å². The fourth-order valence-electron chi connectivity index (χ4n) is 2.38. The van der Waals surface area contributed by atoms with E-state index in [-0.39, 0.29) is 4.90 Å². The molecule has 1 fully saturated rings.